The first-order valence-corrected chi connectivity index (χ1v) is 9.10. The minimum absolute atomic E-state index is 0.0195. The van der Waals surface area contributed by atoms with Crippen LogP contribution in [0.25, 0.3) is 0 Å². The van der Waals surface area contributed by atoms with Crippen LogP contribution in [-0.2, 0) is 11.2 Å². The van der Waals surface area contributed by atoms with Crippen LogP contribution in [0.15, 0.2) is 48.5 Å². The van der Waals surface area contributed by atoms with Gasteiger partial charge in [-0.1, -0.05) is 24.3 Å². The van der Waals surface area contributed by atoms with Gasteiger partial charge < -0.3 is 24.4 Å². The second-order valence-electron chi connectivity index (χ2n) is 6.40. The third-order valence-corrected chi connectivity index (χ3v) is 4.71. The minimum atomic E-state index is -0.0195. The van der Waals surface area contributed by atoms with Gasteiger partial charge in [0.15, 0.2) is 0 Å². The summed E-state index contributed by atoms with van der Waals surface area (Å²) in [5, 5.41) is 2.95. The van der Waals surface area contributed by atoms with Gasteiger partial charge in [0.25, 0.3) is 0 Å². The van der Waals surface area contributed by atoms with Gasteiger partial charge in [-0.05, 0) is 41.8 Å². The summed E-state index contributed by atoms with van der Waals surface area (Å²) >= 11 is 0. The largest absolute Gasteiger partial charge is 0.497 e. The van der Waals surface area contributed by atoms with E-state index in [2.05, 4.69) is 5.32 Å². The topological polar surface area (TPSA) is 60.0 Å². The molecule has 0 radical (unpaired) electrons. The molecular weight excluding hydrogens is 344 g/mol. The Morgan fingerprint density at radius 1 is 1.00 bits per heavy atom. The van der Waals surface area contributed by atoms with Gasteiger partial charge in [-0.3, -0.25) is 0 Å². The fourth-order valence-corrected chi connectivity index (χ4v) is 3.16. The Balaban J connectivity index is 1.61. The second-order valence-corrected chi connectivity index (χ2v) is 6.40. The Hall–Kier alpha value is -2.73. The van der Waals surface area contributed by atoms with E-state index in [1.165, 1.54) is 5.56 Å². The number of carbonyl (C=O) groups excluding carboxylic acids is 1. The van der Waals surface area contributed by atoms with Crippen molar-refractivity contribution in [1.82, 2.24) is 10.2 Å². The van der Waals surface area contributed by atoms with Gasteiger partial charge in [0.05, 0.1) is 19.8 Å². The van der Waals surface area contributed by atoms with Crippen molar-refractivity contribution >= 4 is 6.03 Å². The van der Waals surface area contributed by atoms with E-state index in [-0.39, 0.29) is 12.1 Å². The van der Waals surface area contributed by atoms with E-state index in [4.69, 9.17) is 14.2 Å². The van der Waals surface area contributed by atoms with Gasteiger partial charge in [-0.15, -0.1) is 0 Å². The molecule has 1 aliphatic heterocycles. The quantitative estimate of drug-likeness (QED) is 0.690. The van der Waals surface area contributed by atoms with Gasteiger partial charge in [-0.25, -0.2) is 4.79 Å². The molecule has 0 aromatic heterocycles. The summed E-state index contributed by atoms with van der Waals surface area (Å²) in [5.41, 5.74) is 2.28. The number of nitrogens with one attached hydrogen (secondary N) is 1. The minimum Gasteiger partial charge on any atom is -0.497 e. The zero-order chi connectivity index (χ0) is 19.1. The summed E-state index contributed by atoms with van der Waals surface area (Å²) in [6.07, 6.45) is 0.798. The summed E-state index contributed by atoms with van der Waals surface area (Å²) in [6, 6.07) is 15.9. The van der Waals surface area contributed by atoms with Crippen LogP contribution in [-0.4, -0.2) is 51.5 Å². The number of rotatable bonds is 9. The smallest absolute Gasteiger partial charge is 0.318 e. The van der Waals surface area contributed by atoms with E-state index in [9.17, 15) is 4.79 Å². The molecule has 0 aliphatic carbocycles. The fraction of sp³-hybridized carbons (Fsp3) is 0.381. The molecule has 6 heteroatoms. The van der Waals surface area contributed by atoms with Crippen molar-refractivity contribution in [3.05, 3.63) is 59.7 Å². The summed E-state index contributed by atoms with van der Waals surface area (Å²) in [5.74, 6) is 1.64. The number of methoxy groups -OCH3 is 2. The fourth-order valence-electron chi connectivity index (χ4n) is 3.16. The highest BCUT2D eigenvalue weighted by Crippen LogP contribution is 2.26. The highest BCUT2D eigenvalue weighted by Gasteiger charge is 2.31. The standard InChI is InChI=1S/C21H26N2O4/c1-25-13-14-27-19-9-5-17(6-10-19)20-15-22-21(24)23(20)12-11-16-3-7-18(26-2)8-4-16/h3-10,20H,11-15H2,1-2H3,(H,22,24). The van der Waals surface area contributed by atoms with E-state index >= 15 is 0 Å². The molecule has 1 aliphatic rings. The average molecular weight is 370 g/mol. The molecule has 0 saturated carbocycles. The summed E-state index contributed by atoms with van der Waals surface area (Å²) in [4.78, 5) is 14.2. The van der Waals surface area contributed by atoms with Gasteiger partial charge >= 0.3 is 6.03 Å². The van der Waals surface area contributed by atoms with E-state index in [1.54, 1.807) is 14.2 Å². The van der Waals surface area contributed by atoms with Crippen LogP contribution in [0.2, 0.25) is 0 Å². The Morgan fingerprint density at radius 3 is 2.37 bits per heavy atom. The lowest BCUT2D eigenvalue weighted by molar-refractivity contribution is 0.146. The van der Waals surface area contributed by atoms with Crippen molar-refractivity contribution in [2.24, 2.45) is 0 Å². The van der Waals surface area contributed by atoms with Gasteiger partial charge in [-0.2, -0.15) is 0 Å². The number of carbonyl (C=O) groups is 1. The van der Waals surface area contributed by atoms with Crippen LogP contribution in [0.4, 0.5) is 4.79 Å². The number of amides is 2. The third kappa shape index (κ3) is 4.92. The molecule has 1 saturated heterocycles. The van der Waals surface area contributed by atoms with Crippen molar-refractivity contribution in [3.8, 4) is 11.5 Å². The molecule has 3 rings (SSSR count). The van der Waals surface area contributed by atoms with Crippen molar-refractivity contribution in [1.29, 1.82) is 0 Å². The van der Waals surface area contributed by atoms with Gasteiger partial charge in [0.1, 0.15) is 18.1 Å². The lowest BCUT2D eigenvalue weighted by atomic mass is 10.1. The van der Waals surface area contributed by atoms with Crippen LogP contribution in [0.5, 0.6) is 11.5 Å². The van der Waals surface area contributed by atoms with E-state index < -0.39 is 0 Å². The molecule has 1 unspecified atom stereocenters. The number of ether oxygens (including phenoxy) is 3. The first kappa shape index (κ1) is 19.0. The highest BCUT2D eigenvalue weighted by molar-refractivity contribution is 5.77. The number of hydrogen-bond donors (Lipinski definition) is 1. The molecule has 1 heterocycles. The van der Waals surface area contributed by atoms with Crippen LogP contribution < -0.4 is 14.8 Å². The maximum Gasteiger partial charge on any atom is 0.318 e. The number of urea groups is 1. The number of benzene rings is 2. The maximum absolute atomic E-state index is 12.3. The van der Waals surface area contributed by atoms with Crippen molar-refractivity contribution in [3.63, 3.8) is 0 Å². The van der Waals surface area contributed by atoms with Gasteiger partial charge in [0, 0.05) is 20.2 Å². The Kier molecular flexibility index (Phi) is 6.54. The lowest BCUT2D eigenvalue weighted by Crippen LogP contribution is -2.31. The maximum atomic E-state index is 12.3. The lowest BCUT2D eigenvalue weighted by Gasteiger charge is -2.23. The van der Waals surface area contributed by atoms with Crippen LogP contribution in [0.1, 0.15) is 17.2 Å². The zero-order valence-electron chi connectivity index (χ0n) is 15.8. The summed E-state index contributed by atoms with van der Waals surface area (Å²) in [7, 11) is 3.30. The first-order valence-electron chi connectivity index (χ1n) is 9.10. The molecule has 6 nitrogen and oxygen atoms in total. The van der Waals surface area contributed by atoms with Crippen molar-refractivity contribution < 1.29 is 19.0 Å². The Labute approximate surface area is 160 Å². The highest BCUT2D eigenvalue weighted by atomic mass is 16.5. The molecular formula is C21H26N2O4. The Bertz CT molecular complexity index is 731. The average Bonchev–Trinajstić information content (AvgIpc) is 3.08. The molecule has 2 aromatic rings. The summed E-state index contributed by atoms with van der Waals surface area (Å²) in [6.45, 7) is 2.36. The van der Waals surface area contributed by atoms with Crippen LogP contribution in [0, 0.1) is 0 Å². The third-order valence-electron chi connectivity index (χ3n) is 4.71. The van der Waals surface area contributed by atoms with Crippen molar-refractivity contribution in [2.75, 3.05) is 40.5 Å². The molecule has 144 valence electrons. The number of hydrogen-bond acceptors (Lipinski definition) is 4. The monoisotopic (exact) mass is 370 g/mol. The molecule has 27 heavy (non-hydrogen) atoms. The predicted octanol–water partition coefficient (Wildman–Crippen LogP) is 3.03. The van der Waals surface area contributed by atoms with Crippen LogP contribution >= 0.6 is 0 Å². The molecule has 2 aromatic carbocycles. The predicted molar refractivity (Wildman–Crippen MR) is 103 cm³/mol. The normalized spacial score (nSPS) is 16.3. The van der Waals surface area contributed by atoms with Crippen LogP contribution in [0.3, 0.4) is 0 Å². The molecule has 0 spiro atoms. The Morgan fingerprint density at radius 2 is 1.70 bits per heavy atom. The zero-order valence-corrected chi connectivity index (χ0v) is 15.8. The van der Waals surface area contributed by atoms with E-state index in [0.29, 0.717) is 26.3 Å². The van der Waals surface area contributed by atoms with E-state index in [1.807, 2.05) is 53.4 Å². The molecule has 1 N–H and O–H groups in total. The number of nitrogens with zero attached hydrogens (tertiary/aromatic N) is 1. The van der Waals surface area contributed by atoms with E-state index in [0.717, 1.165) is 23.5 Å². The van der Waals surface area contributed by atoms with Crippen molar-refractivity contribution in [2.45, 2.75) is 12.5 Å². The molecule has 0 bridgehead atoms. The molecule has 1 atom stereocenters. The summed E-state index contributed by atoms with van der Waals surface area (Å²) < 4.78 is 15.8. The molecule has 2 amide bonds. The van der Waals surface area contributed by atoms with Gasteiger partial charge in [0.2, 0.25) is 0 Å². The second kappa shape index (κ2) is 9.28. The SMILES string of the molecule is COCCOc1ccc(C2CNC(=O)N2CCc2ccc(OC)cc2)cc1. The first-order chi connectivity index (χ1) is 13.2. The molecule has 1 fully saturated rings.